The summed E-state index contributed by atoms with van der Waals surface area (Å²) in [6.07, 6.45) is 3.83. The minimum atomic E-state index is -4.15. The lowest BCUT2D eigenvalue weighted by molar-refractivity contribution is -0.620. The second-order valence-electron chi connectivity index (χ2n) is 4.72. The highest BCUT2D eigenvalue weighted by Gasteiger charge is 2.21. The van der Waals surface area contributed by atoms with Crippen molar-refractivity contribution in [3.63, 3.8) is 0 Å². The summed E-state index contributed by atoms with van der Waals surface area (Å²) >= 11 is 0. The number of rotatable bonds is 7. The second kappa shape index (κ2) is 7.81. The number of aromatic nitrogens is 2. The molecule has 0 saturated carbocycles. The molecule has 1 N–H and O–H groups in total. The average Bonchev–Trinajstić information content (AvgIpc) is 2.59. The molecular weight excluding hydrogens is 353 g/mol. The number of carbonyl (C=O) groups excluding carboxylic acids is 1. The van der Waals surface area contributed by atoms with E-state index in [0.717, 1.165) is 18.2 Å². The van der Waals surface area contributed by atoms with Crippen LogP contribution >= 0.6 is 0 Å². The molecule has 0 unspecified atom stereocenters. The number of hydrogen-bond acceptors (Lipinski definition) is 6. The molecule has 0 radical (unpaired) electrons. The standard InChI is InChI=1S/C15H14FN3O5S/c1-2-6-18-25(22,23)13-9-11(4-5-12(13)16)15(20)24-10-14-17-7-3-8-19(14)21/h2-5,7-9,18H,1,6,10H2. The fourth-order valence-corrected chi connectivity index (χ4v) is 2.89. The minimum absolute atomic E-state index is 0.0570. The van der Waals surface area contributed by atoms with Gasteiger partial charge >= 0.3 is 11.8 Å². The third kappa shape index (κ3) is 4.58. The summed E-state index contributed by atoms with van der Waals surface area (Å²) in [5.74, 6) is -2.00. The van der Waals surface area contributed by atoms with Gasteiger partial charge in [-0.1, -0.05) is 6.08 Å². The van der Waals surface area contributed by atoms with Gasteiger partial charge in [-0.05, 0) is 23.2 Å². The van der Waals surface area contributed by atoms with Gasteiger partial charge < -0.3 is 9.94 Å². The molecule has 1 aromatic heterocycles. The zero-order valence-corrected chi connectivity index (χ0v) is 13.7. The topological polar surface area (TPSA) is 112 Å². The Morgan fingerprint density at radius 3 is 2.92 bits per heavy atom. The van der Waals surface area contributed by atoms with E-state index in [0.29, 0.717) is 4.73 Å². The van der Waals surface area contributed by atoms with Crippen molar-refractivity contribution >= 4 is 16.0 Å². The molecule has 25 heavy (non-hydrogen) atoms. The highest BCUT2D eigenvalue weighted by atomic mass is 32.2. The fourth-order valence-electron chi connectivity index (χ4n) is 1.79. The van der Waals surface area contributed by atoms with Crippen molar-refractivity contribution in [2.75, 3.05) is 6.54 Å². The van der Waals surface area contributed by atoms with E-state index >= 15 is 0 Å². The summed E-state index contributed by atoms with van der Waals surface area (Å²) in [6, 6.07) is 4.18. The van der Waals surface area contributed by atoms with Crippen LogP contribution in [0.25, 0.3) is 0 Å². The molecule has 0 aliphatic heterocycles. The van der Waals surface area contributed by atoms with E-state index in [-0.39, 0.29) is 17.9 Å². The summed E-state index contributed by atoms with van der Waals surface area (Å²) < 4.78 is 45.3. The molecule has 8 nitrogen and oxygen atoms in total. The summed E-state index contributed by atoms with van der Waals surface area (Å²) in [5.41, 5.74) is -0.186. The van der Waals surface area contributed by atoms with E-state index in [1.807, 2.05) is 0 Å². The third-order valence-electron chi connectivity index (χ3n) is 2.99. The Morgan fingerprint density at radius 1 is 1.48 bits per heavy atom. The van der Waals surface area contributed by atoms with Gasteiger partial charge in [-0.3, -0.25) is 0 Å². The molecule has 0 spiro atoms. The van der Waals surface area contributed by atoms with E-state index in [1.54, 1.807) is 0 Å². The van der Waals surface area contributed by atoms with Crippen LogP contribution in [-0.2, 0) is 21.4 Å². The summed E-state index contributed by atoms with van der Waals surface area (Å²) in [6.45, 7) is 2.84. The number of hydrogen-bond donors (Lipinski definition) is 1. The van der Waals surface area contributed by atoms with Crippen LogP contribution in [0.15, 0.2) is 54.2 Å². The lowest BCUT2D eigenvalue weighted by Gasteiger charge is -2.09. The second-order valence-corrected chi connectivity index (χ2v) is 6.46. The largest absolute Gasteiger partial charge is 0.711 e. The van der Waals surface area contributed by atoms with Crippen LogP contribution in [0.3, 0.4) is 0 Å². The first-order chi connectivity index (χ1) is 11.8. The van der Waals surface area contributed by atoms with Crippen molar-refractivity contribution in [1.29, 1.82) is 0 Å². The Hall–Kier alpha value is -2.85. The maximum atomic E-state index is 13.8. The van der Waals surface area contributed by atoms with Crippen molar-refractivity contribution in [1.82, 2.24) is 9.71 Å². The quantitative estimate of drug-likeness (QED) is 0.333. The molecule has 132 valence electrons. The lowest BCUT2D eigenvalue weighted by atomic mass is 10.2. The Kier molecular flexibility index (Phi) is 5.78. The molecule has 0 amide bonds. The van der Waals surface area contributed by atoms with E-state index in [1.165, 1.54) is 24.5 Å². The number of sulfonamides is 1. The maximum Gasteiger partial charge on any atom is 0.339 e. The average molecular weight is 367 g/mol. The first-order valence-corrected chi connectivity index (χ1v) is 8.44. The Morgan fingerprint density at radius 2 is 2.24 bits per heavy atom. The summed E-state index contributed by atoms with van der Waals surface area (Å²) in [5, 5.41) is 11.4. The van der Waals surface area contributed by atoms with Crippen molar-refractivity contribution in [2.45, 2.75) is 11.5 Å². The SMILES string of the molecule is C=CCNS(=O)(=O)c1cc(C(=O)OCc2nccc[n+]2[O-])ccc1F. The molecule has 0 aliphatic carbocycles. The van der Waals surface area contributed by atoms with Crippen molar-refractivity contribution in [3.05, 3.63) is 71.7 Å². The van der Waals surface area contributed by atoms with E-state index < -0.39 is 33.3 Å². The van der Waals surface area contributed by atoms with Crippen LogP contribution in [-0.4, -0.2) is 25.9 Å². The van der Waals surface area contributed by atoms with Crippen LogP contribution < -0.4 is 9.45 Å². The fraction of sp³-hybridized carbons (Fsp3) is 0.133. The summed E-state index contributed by atoms with van der Waals surface area (Å²) in [7, 11) is -4.15. The van der Waals surface area contributed by atoms with Crippen molar-refractivity contribution in [3.8, 4) is 0 Å². The number of benzene rings is 1. The van der Waals surface area contributed by atoms with E-state index in [4.69, 9.17) is 4.74 Å². The summed E-state index contributed by atoms with van der Waals surface area (Å²) in [4.78, 5) is 15.1. The van der Waals surface area contributed by atoms with Gasteiger partial charge in [0.15, 0.2) is 6.61 Å². The number of ether oxygens (including phenoxy) is 1. The van der Waals surface area contributed by atoms with Crippen LogP contribution in [0.4, 0.5) is 4.39 Å². The number of nitrogens with zero attached hydrogens (tertiary/aromatic N) is 2. The van der Waals surface area contributed by atoms with Crippen LogP contribution in [0.2, 0.25) is 0 Å². The molecule has 0 atom stereocenters. The number of esters is 1. The van der Waals surface area contributed by atoms with Gasteiger partial charge in [0.1, 0.15) is 16.9 Å². The highest BCUT2D eigenvalue weighted by molar-refractivity contribution is 7.89. The maximum absolute atomic E-state index is 13.8. The van der Waals surface area contributed by atoms with Crippen molar-refractivity contribution in [2.24, 2.45) is 0 Å². The van der Waals surface area contributed by atoms with E-state index in [2.05, 4.69) is 16.3 Å². The Balaban J connectivity index is 2.19. The molecule has 1 aromatic carbocycles. The Labute approximate surface area is 143 Å². The molecular formula is C15H14FN3O5S. The molecule has 1 heterocycles. The number of carbonyl (C=O) groups is 1. The van der Waals surface area contributed by atoms with Gasteiger partial charge in [0, 0.05) is 12.6 Å². The van der Waals surface area contributed by atoms with Gasteiger partial charge in [0.05, 0.1) is 11.8 Å². The molecule has 0 fully saturated rings. The van der Waals surface area contributed by atoms with Gasteiger partial charge in [-0.15, -0.1) is 6.58 Å². The normalized spacial score (nSPS) is 11.1. The molecule has 10 heteroatoms. The molecule has 0 saturated heterocycles. The molecule has 0 bridgehead atoms. The van der Waals surface area contributed by atoms with Gasteiger partial charge in [0.2, 0.25) is 10.0 Å². The minimum Gasteiger partial charge on any atom is -0.711 e. The van der Waals surface area contributed by atoms with E-state index in [9.17, 15) is 22.8 Å². The van der Waals surface area contributed by atoms with Gasteiger partial charge in [-0.2, -0.15) is 0 Å². The first-order valence-electron chi connectivity index (χ1n) is 6.95. The Bertz CT molecular complexity index is 902. The first kappa shape index (κ1) is 18.5. The van der Waals surface area contributed by atoms with Crippen molar-refractivity contribution < 1.29 is 27.1 Å². The molecule has 2 aromatic rings. The highest BCUT2D eigenvalue weighted by Crippen LogP contribution is 2.17. The lowest BCUT2D eigenvalue weighted by Crippen LogP contribution is -2.33. The molecule has 2 rings (SSSR count). The monoisotopic (exact) mass is 367 g/mol. The molecule has 0 aliphatic rings. The van der Waals surface area contributed by atoms with Gasteiger partial charge in [0.25, 0.3) is 0 Å². The van der Waals surface area contributed by atoms with Crippen LogP contribution in [0, 0.1) is 11.0 Å². The number of halogens is 1. The zero-order chi connectivity index (χ0) is 18.4. The predicted octanol–water partition coefficient (Wildman–Crippen LogP) is 0.675. The van der Waals surface area contributed by atoms with Crippen LogP contribution in [0.1, 0.15) is 16.2 Å². The van der Waals surface area contributed by atoms with Gasteiger partial charge in [-0.25, -0.2) is 27.1 Å². The van der Waals surface area contributed by atoms with Crippen LogP contribution in [0.5, 0.6) is 0 Å². The smallest absolute Gasteiger partial charge is 0.339 e. The third-order valence-corrected chi connectivity index (χ3v) is 4.43. The number of nitrogens with one attached hydrogen (secondary N) is 1. The zero-order valence-electron chi connectivity index (χ0n) is 12.9. The predicted molar refractivity (Wildman–Crippen MR) is 84.1 cm³/mol.